The summed E-state index contributed by atoms with van der Waals surface area (Å²) in [6, 6.07) is 1.70. The molecule has 0 amide bonds. The number of carboxylic acid groups (broad SMARTS) is 1. The van der Waals surface area contributed by atoms with Gasteiger partial charge in [0.25, 0.3) is 0 Å². The van der Waals surface area contributed by atoms with Crippen LogP contribution in [0.2, 0.25) is 0 Å². The maximum absolute atomic E-state index is 10.5. The number of rotatable bonds is 1. The number of fused-ring (bicyclic) bond motifs is 1. The zero-order valence-corrected chi connectivity index (χ0v) is 6.72. The second-order valence-electron chi connectivity index (χ2n) is 2.26. The lowest BCUT2D eigenvalue weighted by Gasteiger charge is -1.87. The van der Waals surface area contributed by atoms with Crippen molar-refractivity contribution in [3.63, 3.8) is 0 Å². The Kier molecular flexibility index (Phi) is 1.34. The molecule has 0 aliphatic heterocycles. The van der Waals surface area contributed by atoms with Crippen LogP contribution in [0.15, 0.2) is 15.9 Å². The third kappa shape index (κ3) is 0.799. The van der Waals surface area contributed by atoms with E-state index in [9.17, 15) is 4.79 Å². The SMILES string of the molecule is Nc1c(C(=O)O)oc2ccsc12. The summed E-state index contributed by atoms with van der Waals surface area (Å²) in [6.45, 7) is 0. The largest absolute Gasteiger partial charge is 0.475 e. The molecule has 2 rings (SSSR count). The first-order valence-corrected chi connectivity index (χ1v) is 4.07. The zero-order chi connectivity index (χ0) is 8.72. The first kappa shape index (κ1) is 7.17. The van der Waals surface area contributed by atoms with Crippen LogP contribution in [0.1, 0.15) is 10.6 Å². The predicted molar refractivity (Wildman–Crippen MR) is 45.5 cm³/mol. The van der Waals surface area contributed by atoms with Crippen LogP contribution in [-0.4, -0.2) is 11.1 Å². The Morgan fingerprint density at radius 1 is 1.67 bits per heavy atom. The molecule has 0 unspecified atom stereocenters. The van der Waals surface area contributed by atoms with Gasteiger partial charge in [0.1, 0.15) is 11.3 Å². The quantitative estimate of drug-likeness (QED) is 0.706. The molecule has 0 radical (unpaired) electrons. The molecule has 0 aliphatic rings. The fourth-order valence-electron chi connectivity index (χ4n) is 1.00. The lowest BCUT2D eigenvalue weighted by atomic mass is 10.4. The number of aromatic carboxylic acids is 1. The average Bonchev–Trinajstić information content (AvgIpc) is 2.53. The van der Waals surface area contributed by atoms with Gasteiger partial charge in [-0.25, -0.2) is 4.79 Å². The van der Waals surface area contributed by atoms with E-state index in [1.807, 2.05) is 0 Å². The molecule has 2 aromatic rings. The molecule has 3 N–H and O–H groups in total. The standard InChI is InChI=1S/C7H5NO3S/c8-4-5(7(9)10)11-3-1-2-12-6(3)4/h1-2H,8H2,(H,9,10). The molecule has 0 saturated heterocycles. The number of hydrogen-bond acceptors (Lipinski definition) is 4. The van der Waals surface area contributed by atoms with Crippen LogP contribution in [0, 0.1) is 0 Å². The van der Waals surface area contributed by atoms with Gasteiger partial charge in [-0.15, -0.1) is 11.3 Å². The Morgan fingerprint density at radius 3 is 3.00 bits per heavy atom. The number of thiophene rings is 1. The molecule has 5 heteroatoms. The van der Waals surface area contributed by atoms with Crippen molar-refractivity contribution in [1.82, 2.24) is 0 Å². The second kappa shape index (κ2) is 2.25. The number of carbonyl (C=O) groups is 1. The van der Waals surface area contributed by atoms with Crippen LogP contribution < -0.4 is 5.73 Å². The summed E-state index contributed by atoms with van der Waals surface area (Å²) in [5.41, 5.74) is 6.27. The predicted octanol–water partition coefficient (Wildman–Crippen LogP) is 1.77. The van der Waals surface area contributed by atoms with Crippen molar-refractivity contribution in [3.05, 3.63) is 17.2 Å². The summed E-state index contributed by atoms with van der Waals surface area (Å²) in [4.78, 5) is 10.5. The minimum atomic E-state index is -1.13. The van der Waals surface area contributed by atoms with E-state index in [0.29, 0.717) is 10.3 Å². The van der Waals surface area contributed by atoms with Crippen LogP contribution in [0.5, 0.6) is 0 Å². The fraction of sp³-hybridized carbons (Fsp3) is 0. The first-order chi connectivity index (χ1) is 5.70. The summed E-state index contributed by atoms with van der Waals surface area (Å²) in [7, 11) is 0. The van der Waals surface area contributed by atoms with E-state index in [0.717, 1.165) is 0 Å². The Hall–Kier alpha value is -1.49. The monoisotopic (exact) mass is 183 g/mol. The van der Waals surface area contributed by atoms with Crippen LogP contribution in [-0.2, 0) is 0 Å². The highest BCUT2D eigenvalue weighted by Crippen LogP contribution is 2.32. The molecule has 0 aliphatic carbocycles. The smallest absolute Gasteiger partial charge is 0.374 e. The number of furan rings is 1. The molecule has 0 atom stereocenters. The molecular weight excluding hydrogens is 178 g/mol. The first-order valence-electron chi connectivity index (χ1n) is 3.19. The van der Waals surface area contributed by atoms with Crippen molar-refractivity contribution in [1.29, 1.82) is 0 Å². The number of anilines is 1. The van der Waals surface area contributed by atoms with E-state index >= 15 is 0 Å². The van der Waals surface area contributed by atoms with Gasteiger partial charge < -0.3 is 15.3 Å². The van der Waals surface area contributed by atoms with Gasteiger partial charge in [0, 0.05) is 0 Å². The van der Waals surface area contributed by atoms with Crippen molar-refractivity contribution >= 4 is 33.3 Å². The van der Waals surface area contributed by atoms with Crippen molar-refractivity contribution in [3.8, 4) is 0 Å². The topological polar surface area (TPSA) is 76.5 Å². The average molecular weight is 183 g/mol. The zero-order valence-electron chi connectivity index (χ0n) is 5.90. The summed E-state index contributed by atoms with van der Waals surface area (Å²) < 4.78 is 5.69. The van der Waals surface area contributed by atoms with E-state index in [2.05, 4.69) is 0 Å². The van der Waals surface area contributed by atoms with E-state index < -0.39 is 5.97 Å². The maximum atomic E-state index is 10.5. The fourth-order valence-corrected chi connectivity index (χ4v) is 1.77. The number of nitrogens with two attached hydrogens (primary N) is 1. The number of nitrogen functional groups attached to an aromatic ring is 1. The highest BCUT2D eigenvalue weighted by Gasteiger charge is 2.17. The van der Waals surface area contributed by atoms with E-state index in [-0.39, 0.29) is 11.4 Å². The van der Waals surface area contributed by atoms with Crippen molar-refractivity contribution in [2.24, 2.45) is 0 Å². The molecule has 4 nitrogen and oxygen atoms in total. The second-order valence-corrected chi connectivity index (χ2v) is 3.18. The molecule has 62 valence electrons. The number of hydrogen-bond donors (Lipinski definition) is 2. The van der Waals surface area contributed by atoms with Gasteiger partial charge in [0.05, 0.1) is 4.70 Å². The minimum absolute atomic E-state index is 0.170. The molecule has 0 bridgehead atoms. The van der Waals surface area contributed by atoms with E-state index in [1.54, 1.807) is 11.4 Å². The third-order valence-electron chi connectivity index (χ3n) is 1.52. The van der Waals surface area contributed by atoms with Crippen LogP contribution >= 0.6 is 11.3 Å². The Morgan fingerprint density at radius 2 is 2.42 bits per heavy atom. The van der Waals surface area contributed by atoms with Crippen molar-refractivity contribution in [2.45, 2.75) is 0 Å². The Balaban J connectivity index is 2.78. The van der Waals surface area contributed by atoms with Gasteiger partial charge in [-0.3, -0.25) is 0 Å². The van der Waals surface area contributed by atoms with E-state index in [1.165, 1.54) is 11.3 Å². The molecule has 2 aromatic heterocycles. The molecule has 0 saturated carbocycles. The third-order valence-corrected chi connectivity index (χ3v) is 2.45. The molecule has 12 heavy (non-hydrogen) atoms. The van der Waals surface area contributed by atoms with Gasteiger partial charge in [0.15, 0.2) is 0 Å². The lowest BCUT2D eigenvalue weighted by Crippen LogP contribution is -1.97. The van der Waals surface area contributed by atoms with Crippen LogP contribution in [0.25, 0.3) is 10.3 Å². The molecule has 2 heterocycles. The molecular formula is C7H5NO3S. The summed E-state index contributed by atoms with van der Waals surface area (Å²) in [5, 5.41) is 10.4. The molecule has 0 spiro atoms. The maximum Gasteiger partial charge on any atom is 0.374 e. The summed E-state index contributed by atoms with van der Waals surface area (Å²) in [6.07, 6.45) is 0. The van der Waals surface area contributed by atoms with Crippen molar-refractivity contribution in [2.75, 3.05) is 5.73 Å². The molecule has 0 fully saturated rings. The highest BCUT2D eigenvalue weighted by molar-refractivity contribution is 7.17. The van der Waals surface area contributed by atoms with Gasteiger partial charge in [-0.2, -0.15) is 0 Å². The van der Waals surface area contributed by atoms with Gasteiger partial charge in [-0.1, -0.05) is 0 Å². The van der Waals surface area contributed by atoms with Crippen LogP contribution in [0.4, 0.5) is 5.69 Å². The Labute approximate surface area is 71.2 Å². The van der Waals surface area contributed by atoms with Crippen LogP contribution in [0.3, 0.4) is 0 Å². The normalized spacial score (nSPS) is 10.7. The molecule has 0 aromatic carbocycles. The highest BCUT2D eigenvalue weighted by atomic mass is 32.1. The van der Waals surface area contributed by atoms with E-state index in [4.69, 9.17) is 15.3 Å². The Bertz CT molecular complexity index is 442. The van der Waals surface area contributed by atoms with Gasteiger partial charge in [-0.05, 0) is 11.4 Å². The van der Waals surface area contributed by atoms with Gasteiger partial charge >= 0.3 is 5.97 Å². The summed E-state index contributed by atoms with van der Waals surface area (Å²) in [5.74, 6) is -1.30. The lowest BCUT2D eigenvalue weighted by molar-refractivity contribution is 0.0666. The van der Waals surface area contributed by atoms with Gasteiger partial charge in [0.2, 0.25) is 5.76 Å². The van der Waals surface area contributed by atoms with Crippen molar-refractivity contribution < 1.29 is 14.3 Å². The summed E-state index contributed by atoms with van der Waals surface area (Å²) >= 11 is 1.37. The minimum Gasteiger partial charge on any atom is -0.475 e. The number of carboxylic acids is 1.